The zero-order valence-corrected chi connectivity index (χ0v) is 14.7. The molecule has 0 bridgehead atoms. The first-order valence-corrected chi connectivity index (χ1v) is 8.92. The van der Waals surface area contributed by atoms with Crippen LogP contribution >= 0.6 is 9.24 Å². The molecule has 0 saturated carbocycles. The molecule has 0 amide bonds. The Hall–Kier alpha value is -0.780. The Labute approximate surface area is 124 Å². The van der Waals surface area contributed by atoms with E-state index in [-0.39, 0.29) is 0 Å². The number of hydrogen-bond donors (Lipinski definition) is 0. The minimum Gasteiger partial charge on any atom is -0.338 e. The van der Waals surface area contributed by atoms with Crippen LogP contribution in [0.3, 0.4) is 0 Å². The van der Waals surface area contributed by atoms with Gasteiger partial charge in [0.05, 0.1) is 6.26 Å². The molecule has 8 heteroatoms. The number of piperazine rings is 1. The third-order valence-electron chi connectivity index (χ3n) is 2.54. The van der Waals surface area contributed by atoms with Gasteiger partial charge in [-0.2, -0.15) is 4.31 Å². The highest BCUT2D eigenvalue weighted by atomic mass is 32.2. The van der Waals surface area contributed by atoms with E-state index in [1.54, 1.807) is 13.3 Å². The lowest BCUT2D eigenvalue weighted by Gasteiger charge is -2.33. The van der Waals surface area contributed by atoms with Crippen LogP contribution in [-0.2, 0) is 10.0 Å². The highest BCUT2D eigenvalue weighted by Crippen LogP contribution is 2.07. The van der Waals surface area contributed by atoms with Crippen molar-refractivity contribution in [3.8, 4) is 0 Å². The number of allylic oxidation sites excluding steroid dienone is 1. The van der Waals surface area contributed by atoms with Crippen molar-refractivity contribution >= 4 is 31.4 Å². The fourth-order valence-corrected chi connectivity index (χ4v) is 2.54. The number of guanidine groups is 1. The van der Waals surface area contributed by atoms with E-state index in [1.165, 1.54) is 10.6 Å². The fourth-order valence-electron chi connectivity index (χ4n) is 1.64. The van der Waals surface area contributed by atoms with Crippen molar-refractivity contribution in [3.05, 3.63) is 11.9 Å². The Kier molecular flexibility index (Phi) is 8.85. The molecule has 20 heavy (non-hydrogen) atoms. The summed E-state index contributed by atoms with van der Waals surface area (Å²) >= 11 is 0. The molecule has 0 aromatic carbocycles. The van der Waals surface area contributed by atoms with Crippen LogP contribution in [0, 0.1) is 0 Å². The summed E-state index contributed by atoms with van der Waals surface area (Å²) in [4.78, 5) is 10.3. The Balaban J connectivity index is 0.00000172. The van der Waals surface area contributed by atoms with Crippen LogP contribution in [0.15, 0.2) is 21.9 Å². The van der Waals surface area contributed by atoms with Crippen molar-refractivity contribution in [1.82, 2.24) is 9.21 Å². The lowest BCUT2D eigenvalue weighted by atomic mass is 10.4. The molecule has 1 aliphatic rings. The van der Waals surface area contributed by atoms with Crippen LogP contribution in [0.5, 0.6) is 0 Å². The van der Waals surface area contributed by atoms with Crippen LogP contribution in [0.25, 0.3) is 0 Å². The first kappa shape index (κ1) is 19.2. The molecule has 1 atom stereocenters. The predicted octanol–water partition coefficient (Wildman–Crippen LogP) is 1.04. The number of hydrogen-bond acceptors (Lipinski definition) is 3. The van der Waals surface area contributed by atoms with Crippen molar-refractivity contribution in [2.24, 2.45) is 9.98 Å². The molecule has 116 valence electrons. The van der Waals surface area contributed by atoms with E-state index >= 15 is 0 Å². The molecular weight excluding hydrogens is 295 g/mol. The molecule has 1 unspecified atom stereocenters. The van der Waals surface area contributed by atoms with Gasteiger partial charge in [-0.1, -0.05) is 20.4 Å². The van der Waals surface area contributed by atoms with E-state index in [2.05, 4.69) is 25.8 Å². The van der Waals surface area contributed by atoms with Gasteiger partial charge in [0.25, 0.3) is 0 Å². The van der Waals surface area contributed by atoms with Crippen LogP contribution in [0.1, 0.15) is 13.8 Å². The number of aliphatic imine (C=N–C) groups is 2. The van der Waals surface area contributed by atoms with Gasteiger partial charge in [0.1, 0.15) is 0 Å². The minimum absolute atomic E-state index is 0.467. The standard InChI is InChI=1S/C10H19N4O2PS.C2H6/c1-9(17)8-12-10(11-2)13-4-6-14(7-5-13)18(3,15)16;1-2/h8H,1,4-7,17H2,2-3H3;1-2H3/b11-10?,12-8-;. The molecule has 0 spiro atoms. The summed E-state index contributed by atoms with van der Waals surface area (Å²) in [6.07, 6.45) is 2.85. The van der Waals surface area contributed by atoms with E-state index in [9.17, 15) is 8.42 Å². The maximum absolute atomic E-state index is 11.4. The molecule has 0 radical (unpaired) electrons. The van der Waals surface area contributed by atoms with Crippen molar-refractivity contribution in [2.45, 2.75) is 13.8 Å². The molecule has 6 nitrogen and oxygen atoms in total. The number of sulfonamides is 1. The molecule has 1 rings (SSSR count). The fraction of sp³-hybridized carbons (Fsp3) is 0.667. The topological polar surface area (TPSA) is 65.3 Å². The maximum atomic E-state index is 11.4. The molecule has 0 N–H and O–H groups in total. The van der Waals surface area contributed by atoms with Gasteiger partial charge in [0.2, 0.25) is 16.0 Å². The highest BCUT2D eigenvalue weighted by Gasteiger charge is 2.24. The van der Waals surface area contributed by atoms with Gasteiger partial charge in [-0.3, -0.25) is 4.99 Å². The van der Waals surface area contributed by atoms with E-state index in [1.807, 2.05) is 18.7 Å². The average Bonchev–Trinajstić information content (AvgIpc) is 2.41. The quantitative estimate of drug-likeness (QED) is 0.434. The lowest BCUT2D eigenvalue weighted by Crippen LogP contribution is -2.49. The van der Waals surface area contributed by atoms with Crippen LogP contribution in [0.4, 0.5) is 0 Å². The summed E-state index contributed by atoms with van der Waals surface area (Å²) in [7, 11) is 1.02. The maximum Gasteiger partial charge on any atom is 0.220 e. The molecular formula is C12H25N4O2PS. The first-order valence-electron chi connectivity index (χ1n) is 6.50. The van der Waals surface area contributed by atoms with Gasteiger partial charge in [-0.05, 0) is 5.31 Å². The number of nitrogens with zero attached hydrogens (tertiary/aromatic N) is 4. The van der Waals surface area contributed by atoms with Crippen molar-refractivity contribution in [1.29, 1.82) is 0 Å². The molecule has 1 fully saturated rings. The summed E-state index contributed by atoms with van der Waals surface area (Å²) in [6.45, 7) is 9.83. The van der Waals surface area contributed by atoms with E-state index < -0.39 is 10.0 Å². The molecule has 1 saturated heterocycles. The smallest absolute Gasteiger partial charge is 0.220 e. The van der Waals surface area contributed by atoms with Gasteiger partial charge in [0, 0.05) is 39.4 Å². The molecule has 0 aromatic heterocycles. The Bertz CT molecular complexity index is 466. The largest absolute Gasteiger partial charge is 0.338 e. The van der Waals surface area contributed by atoms with E-state index in [4.69, 9.17) is 0 Å². The zero-order chi connectivity index (χ0) is 15.8. The number of rotatable bonds is 2. The molecule has 0 aliphatic carbocycles. The Morgan fingerprint density at radius 3 is 2.10 bits per heavy atom. The SMILES string of the molecule is C=C(P)/C=N\C(=NC)N1CCN(S(C)(=O)=O)CC1.CC. The van der Waals surface area contributed by atoms with Gasteiger partial charge in [-0.25, -0.2) is 13.4 Å². The van der Waals surface area contributed by atoms with E-state index in [0.717, 1.165) is 5.31 Å². The monoisotopic (exact) mass is 320 g/mol. The third kappa shape index (κ3) is 6.59. The van der Waals surface area contributed by atoms with Crippen LogP contribution in [-0.4, -0.2) is 69.3 Å². The van der Waals surface area contributed by atoms with Gasteiger partial charge in [-0.15, -0.1) is 9.24 Å². The normalized spacial score (nSPS) is 17.9. The summed E-state index contributed by atoms with van der Waals surface area (Å²) in [5.41, 5.74) is 0. The van der Waals surface area contributed by atoms with Crippen molar-refractivity contribution < 1.29 is 8.42 Å². The van der Waals surface area contributed by atoms with Crippen LogP contribution < -0.4 is 0 Å². The second-order valence-electron chi connectivity index (χ2n) is 4.01. The van der Waals surface area contributed by atoms with Gasteiger partial charge < -0.3 is 4.90 Å². The van der Waals surface area contributed by atoms with Crippen molar-refractivity contribution in [3.63, 3.8) is 0 Å². The van der Waals surface area contributed by atoms with Crippen LogP contribution in [0.2, 0.25) is 0 Å². The third-order valence-corrected chi connectivity index (χ3v) is 3.99. The van der Waals surface area contributed by atoms with E-state index in [0.29, 0.717) is 32.1 Å². The van der Waals surface area contributed by atoms with Crippen molar-refractivity contribution in [2.75, 3.05) is 39.5 Å². The predicted molar refractivity (Wildman–Crippen MR) is 90.0 cm³/mol. The second kappa shape index (κ2) is 9.21. The Morgan fingerprint density at radius 2 is 1.75 bits per heavy atom. The zero-order valence-electron chi connectivity index (χ0n) is 12.7. The first-order chi connectivity index (χ1) is 9.34. The highest BCUT2D eigenvalue weighted by molar-refractivity contribution is 7.88. The lowest BCUT2D eigenvalue weighted by molar-refractivity contribution is 0.265. The molecule has 1 heterocycles. The Morgan fingerprint density at radius 1 is 1.25 bits per heavy atom. The minimum atomic E-state index is -3.10. The average molecular weight is 320 g/mol. The molecule has 0 aromatic rings. The summed E-state index contributed by atoms with van der Waals surface area (Å²) in [5, 5.41) is 0.769. The van der Waals surface area contributed by atoms with Gasteiger partial charge in [0.15, 0.2) is 0 Å². The van der Waals surface area contributed by atoms with Gasteiger partial charge >= 0.3 is 0 Å². The summed E-state index contributed by atoms with van der Waals surface area (Å²) in [6, 6.07) is 0. The summed E-state index contributed by atoms with van der Waals surface area (Å²) in [5.74, 6) is 0.603. The molecule has 1 aliphatic heterocycles. The summed E-state index contributed by atoms with van der Waals surface area (Å²) < 4.78 is 24.2. The second-order valence-corrected chi connectivity index (χ2v) is 6.73.